The molecule has 0 aliphatic heterocycles. The number of para-hydroxylation sites is 1. The van der Waals surface area contributed by atoms with Crippen LogP contribution in [0.15, 0.2) is 57.8 Å². The van der Waals surface area contributed by atoms with Crippen LogP contribution in [0.5, 0.6) is 11.5 Å². The molecule has 33 heavy (non-hydrogen) atoms. The van der Waals surface area contributed by atoms with Gasteiger partial charge in [-0.3, -0.25) is 9.36 Å². The fourth-order valence-corrected chi connectivity index (χ4v) is 5.28. The Balaban J connectivity index is 1.57. The van der Waals surface area contributed by atoms with E-state index in [-0.39, 0.29) is 5.56 Å². The molecule has 0 saturated heterocycles. The number of nitrogens with zero attached hydrogens (tertiary/aromatic N) is 3. The highest BCUT2D eigenvalue weighted by molar-refractivity contribution is 7.98. The number of fused-ring (bicyclic) bond motifs is 1. The standard InChI is InChI=1S/C24H25N3O4S2/c1-29-12-6-11-27-23(28)18-7-4-5-8-19(18)26-24(27)33-15-17-14-32-22(25-17)16-9-10-20(30-2)21(13-16)31-3/h4-5,7-10,13-14H,6,11-12,15H2,1-3H3. The van der Waals surface area contributed by atoms with Crippen LogP contribution in [0.25, 0.3) is 21.5 Å². The molecule has 0 fully saturated rings. The first-order chi connectivity index (χ1) is 16.1. The normalized spacial score (nSPS) is 11.1. The SMILES string of the molecule is COCCCn1c(SCc2csc(-c3ccc(OC)c(OC)c3)n2)nc2ccccc2c1=O. The molecule has 2 aromatic heterocycles. The molecule has 0 radical (unpaired) electrons. The lowest BCUT2D eigenvalue weighted by Gasteiger charge is -2.12. The predicted molar refractivity (Wildman–Crippen MR) is 133 cm³/mol. The van der Waals surface area contributed by atoms with Gasteiger partial charge in [-0.15, -0.1) is 11.3 Å². The van der Waals surface area contributed by atoms with Crippen LogP contribution in [-0.2, 0) is 17.0 Å². The van der Waals surface area contributed by atoms with Crippen LogP contribution >= 0.6 is 23.1 Å². The van der Waals surface area contributed by atoms with E-state index in [4.69, 9.17) is 24.2 Å². The van der Waals surface area contributed by atoms with E-state index in [0.717, 1.165) is 22.7 Å². The number of benzene rings is 2. The summed E-state index contributed by atoms with van der Waals surface area (Å²) in [6, 6.07) is 13.2. The topological polar surface area (TPSA) is 75.5 Å². The quantitative estimate of drug-likeness (QED) is 0.181. The van der Waals surface area contributed by atoms with E-state index in [2.05, 4.69) is 0 Å². The molecule has 0 unspecified atom stereocenters. The minimum atomic E-state index is -0.0245. The van der Waals surface area contributed by atoms with E-state index in [1.165, 1.54) is 11.8 Å². The van der Waals surface area contributed by atoms with E-state index in [1.807, 2.05) is 47.8 Å². The second-order valence-electron chi connectivity index (χ2n) is 7.22. The predicted octanol–water partition coefficient (Wildman–Crippen LogP) is 4.87. The van der Waals surface area contributed by atoms with Gasteiger partial charge in [-0.05, 0) is 36.8 Å². The fraction of sp³-hybridized carbons (Fsp3) is 0.292. The Labute approximate surface area is 200 Å². The van der Waals surface area contributed by atoms with Crippen LogP contribution in [0.2, 0.25) is 0 Å². The molecule has 0 atom stereocenters. The van der Waals surface area contributed by atoms with Gasteiger partial charge in [0.25, 0.3) is 5.56 Å². The molecule has 7 nitrogen and oxygen atoms in total. The molecule has 0 N–H and O–H groups in total. The van der Waals surface area contributed by atoms with Gasteiger partial charge in [0.2, 0.25) is 0 Å². The number of hydrogen-bond acceptors (Lipinski definition) is 8. The summed E-state index contributed by atoms with van der Waals surface area (Å²) in [7, 11) is 4.90. The molecule has 0 aliphatic carbocycles. The van der Waals surface area contributed by atoms with Crippen molar-refractivity contribution in [1.29, 1.82) is 0 Å². The molecule has 172 valence electrons. The van der Waals surface area contributed by atoms with Gasteiger partial charge in [0.1, 0.15) is 5.01 Å². The van der Waals surface area contributed by atoms with Gasteiger partial charge in [-0.1, -0.05) is 23.9 Å². The molecule has 2 aromatic carbocycles. The van der Waals surface area contributed by atoms with Crippen molar-refractivity contribution in [3.8, 4) is 22.1 Å². The van der Waals surface area contributed by atoms with Crippen LogP contribution in [0, 0.1) is 0 Å². The van der Waals surface area contributed by atoms with E-state index >= 15 is 0 Å². The zero-order chi connectivity index (χ0) is 23.2. The average molecular weight is 484 g/mol. The van der Waals surface area contributed by atoms with Crippen LogP contribution in [0.1, 0.15) is 12.1 Å². The van der Waals surface area contributed by atoms with Gasteiger partial charge in [0, 0.05) is 37.0 Å². The lowest BCUT2D eigenvalue weighted by Crippen LogP contribution is -2.24. The van der Waals surface area contributed by atoms with E-state index in [9.17, 15) is 4.79 Å². The number of thiazole rings is 1. The monoisotopic (exact) mass is 483 g/mol. The molecule has 9 heteroatoms. The van der Waals surface area contributed by atoms with Gasteiger partial charge in [0.05, 0.1) is 30.8 Å². The number of thioether (sulfide) groups is 1. The third-order valence-electron chi connectivity index (χ3n) is 5.09. The maximum absolute atomic E-state index is 13.1. The molecule has 0 amide bonds. The average Bonchev–Trinajstić information content (AvgIpc) is 3.33. The van der Waals surface area contributed by atoms with Crippen molar-refractivity contribution in [2.24, 2.45) is 0 Å². The second-order valence-corrected chi connectivity index (χ2v) is 9.02. The Morgan fingerprint density at radius 3 is 2.64 bits per heavy atom. The minimum Gasteiger partial charge on any atom is -0.493 e. The van der Waals surface area contributed by atoms with Gasteiger partial charge >= 0.3 is 0 Å². The highest BCUT2D eigenvalue weighted by Crippen LogP contribution is 2.34. The summed E-state index contributed by atoms with van der Waals surface area (Å²) >= 11 is 3.09. The molecule has 0 bridgehead atoms. The summed E-state index contributed by atoms with van der Waals surface area (Å²) in [5.74, 6) is 1.96. The Morgan fingerprint density at radius 1 is 1.03 bits per heavy atom. The zero-order valence-electron chi connectivity index (χ0n) is 18.7. The Hall–Kier alpha value is -2.88. The first-order valence-corrected chi connectivity index (χ1v) is 12.3. The van der Waals surface area contributed by atoms with Crippen molar-refractivity contribution in [3.63, 3.8) is 0 Å². The molecule has 0 aliphatic rings. The lowest BCUT2D eigenvalue weighted by molar-refractivity contribution is 0.189. The Kier molecular flexibility index (Phi) is 7.64. The zero-order valence-corrected chi connectivity index (χ0v) is 20.4. The number of methoxy groups -OCH3 is 3. The van der Waals surface area contributed by atoms with Crippen molar-refractivity contribution < 1.29 is 14.2 Å². The smallest absolute Gasteiger partial charge is 0.262 e. The number of hydrogen-bond donors (Lipinski definition) is 0. The second kappa shape index (κ2) is 10.8. The first-order valence-electron chi connectivity index (χ1n) is 10.4. The van der Waals surface area contributed by atoms with Crippen molar-refractivity contribution in [2.45, 2.75) is 23.9 Å². The summed E-state index contributed by atoms with van der Waals surface area (Å²) < 4.78 is 17.6. The van der Waals surface area contributed by atoms with Crippen LogP contribution in [0.3, 0.4) is 0 Å². The van der Waals surface area contributed by atoms with E-state index < -0.39 is 0 Å². The van der Waals surface area contributed by atoms with Crippen molar-refractivity contribution >= 4 is 34.0 Å². The van der Waals surface area contributed by atoms with Crippen LogP contribution in [-0.4, -0.2) is 42.5 Å². The van der Waals surface area contributed by atoms with Gasteiger partial charge < -0.3 is 14.2 Å². The molecule has 4 aromatic rings. The summed E-state index contributed by atoms with van der Waals surface area (Å²) in [5.41, 5.74) is 2.58. The van der Waals surface area contributed by atoms with E-state index in [1.54, 1.807) is 37.2 Å². The van der Waals surface area contributed by atoms with E-state index in [0.29, 0.717) is 46.5 Å². The molecule has 0 spiro atoms. The maximum atomic E-state index is 13.1. The molecule has 2 heterocycles. The summed E-state index contributed by atoms with van der Waals surface area (Å²) in [4.78, 5) is 22.6. The van der Waals surface area contributed by atoms with Crippen LogP contribution < -0.4 is 15.0 Å². The van der Waals surface area contributed by atoms with Gasteiger partial charge in [-0.25, -0.2) is 9.97 Å². The minimum absolute atomic E-state index is 0.0245. The third kappa shape index (κ3) is 5.21. The van der Waals surface area contributed by atoms with Crippen LogP contribution in [0.4, 0.5) is 0 Å². The number of aromatic nitrogens is 3. The molecular formula is C24H25N3O4S2. The highest BCUT2D eigenvalue weighted by Gasteiger charge is 2.14. The number of ether oxygens (including phenoxy) is 3. The molecular weight excluding hydrogens is 458 g/mol. The third-order valence-corrected chi connectivity index (χ3v) is 7.04. The summed E-state index contributed by atoms with van der Waals surface area (Å²) in [6.07, 6.45) is 0.740. The van der Waals surface area contributed by atoms with Gasteiger partial charge in [-0.2, -0.15) is 0 Å². The van der Waals surface area contributed by atoms with Crippen molar-refractivity contribution in [2.75, 3.05) is 27.9 Å². The highest BCUT2D eigenvalue weighted by atomic mass is 32.2. The number of rotatable bonds is 10. The first kappa shape index (κ1) is 23.3. The Bertz CT molecular complexity index is 1300. The maximum Gasteiger partial charge on any atom is 0.262 e. The Morgan fingerprint density at radius 2 is 1.85 bits per heavy atom. The largest absolute Gasteiger partial charge is 0.493 e. The van der Waals surface area contributed by atoms with Crippen molar-refractivity contribution in [1.82, 2.24) is 14.5 Å². The lowest BCUT2D eigenvalue weighted by atomic mass is 10.2. The molecule has 4 rings (SSSR count). The summed E-state index contributed by atoms with van der Waals surface area (Å²) in [6.45, 7) is 1.14. The summed E-state index contributed by atoms with van der Waals surface area (Å²) in [5, 5.41) is 4.25. The fourth-order valence-electron chi connectivity index (χ4n) is 3.44. The molecule has 0 saturated carbocycles. The van der Waals surface area contributed by atoms with Gasteiger partial charge in [0.15, 0.2) is 16.7 Å². The van der Waals surface area contributed by atoms with Crippen molar-refractivity contribution in [3.05, 3.63) is 63.9 Å².